The van der Waals surface area contributed by atoms with E-state index in [-0.39, 0.29) is 19.1 Å². The smallest absolute Gasteiger partial charge is 0.344 e. The molecule has 3 rings (SSSR count). The van der Waals surface area contributed by atoms with E-state index in [1.165, 1.54) is 5.01 Å². The summed E-state index contributed by atoms with van der Waals surface area (Å²) in [6.07, 6.45) is 1.76. The van der Waals surface area contributed by atoms with Gasteiger partial charge >= 0.3 is 5.97 Å². The highest BCUT2D eigenvalue weighted by atomic mass is 79.9. The number of benzene rings is 2. The standard InChI is InChI=1S/C23H23BrN2O5/c1-4-29-20-13-16(12-19(24)22(20)31-14-21(27)30-5-2)11-18-15(3)25-26(23(18)28)17-9-7-6-8-10-17/h6-13H,4-5,14H2,1-3H3/b18-11-. The number of para-hydroxylation sites is 1. The predicted molar refractivity (Wildman–Crippen MR) is 122 cm³/mol. The number of rotatable bonds is 8. The minimum Gasteiger partial charge on any atom is -0.490 e. The maximum absolute atomic E-state index is 12.9. The highest BCUT2D eigenvalue weighted by molar-refractivity contribution is 9.10. The molecule has 0 saturated heterocycles. The van der Waals surface area contributed by atoms with Crippen molar-refractivity contribution >= 4 is 45.3 Å². The van der Waals surface area contributed by atoms with Gasteiger partial charge in [0.2, 0.25) is 0 Å². The van der Waals surface area contributed by atoms with Gasteiger partial charge in [0.15, 0.2) is 18.1 Å². The average Bonchev–Trinajstić information content (AvgIpc) is 3.02. The number of carbonyl (C=O) groups excluding carboxylic acids is 2. The van der Waals surface area contributed by atoms with Crippen molar-refractivity contribution in [3.63, 3.8) is 0 Å². The van der Waals surface area contributed by atoms with Gasteiger partial charge in [0.05, 0.1) is 34.7 Å². The molecule has 0 bridgehead atoms. The number of esters is 1. The van der Waals surface area contributed by atoms with Gasteiger partial charge in [-0.15, -0.1) is 0 Å². The van der Waals surface area contributed by atoms with Crippen LogP contribution in [0.15, 0.2) is 57.6 Å². The summed E-state index contributed by atoms with van der Waals surface area (Å²) in [4.78, 5) is 24.6. The number of halogens is 1. The van der Waals surface area contributed by atoms with Crippen molar-refractivity contribution < 1.29 is 23.8 Å². The van der Waals surface area contributed by atoms with Gasteiger partial charge in [0.25, 0.3) is 5.91 Å². The van der Waals surface area contributed by atoms with E-state index in [0.717, 1.165) is 5.56 Å². The van der Waals surface area contributed by atoms with Gasteiger partial charge in [-0.1, -0.05) is 18.2 Å². The zero-order valence-corrected chi connectivity index (χ0v) is 19.1. The van der Waals surface area contributed by atoms with E-state index in [1.54, 1.807) is 32.1 Å². The molecular weight excluding hydrogens is 464 g/mol. The Morgan fingerprint density at radius 1 is 1.13 bits per heavy atom. The van der Waals surface area contributed by atoms with Gasteiger partial charge in [-0.3, -0.25) is 4.79 Å². The van der Waals surface area contributed by atoms with E-state index < -0.39 is 5.97 Å². The second-order valence-electron chi connectivity index (χ2n) is 6.55. The van der Waals surface area contributed by atoms with Gasteiger partial charge < -0.3 is 14.2 Å². The first-order valence-electron chi connectivity index (χ1n) is 9.86. The normalized spacial score (nSPS) is 14.6. The number of hydrazone groups is 1. The minimum atomic E-state index is -0.465. The number of carbonyl (C=O) groups is 2. The van der Waals surface area contributed by atoms with Crippen molar-refractivity contribution in [3.8, 4) is 11.5 Å². The van der Waals surface area contributed by atoms with Crippen LogP contribution in [0.4, 0.5) is 5.69 Å². The molecule has 0 atom stereocenters. The first kappa shape index (κ1) is 22.6. The number of nitrogens with zero attached hydrogens (tertiary/aromatic N) is 2. The topological polar surface area (TPSA) is 77.4 Å². The number of amides is 1. The Kier molecular flexibility index (Phi) is 7.46. The molecule has 0 radical (unpaired) electrons. The second-order valence-corrected chi connectivity index (χ2v) is 7.41. The van der Waals surface area contributed by atoms with E-state index in [2.05, 4.69) is 21.0 Å². The molecule has 1 amide bonds. The van der Waals surface area contributed by atoms with E-state index in [0.29, 0.717) is 39.6 Å². The Bertz CT molecular complexity index is 1030. The molecule has 0 fully saturated rings. The summed E-state index contributed by atoms with van der Waals surface area (Å²) < 4.78 is 16.8. The highest BCUT2D eigenvalue weighted by Crippen LogP contribution is 2.38. The zero-order chi connectivity index (χ0) is 22.4. The van der Waals surface area contributed by atoms with Crippen LogP contribution in [0.1, 0.15) is 26.3 Å². The molecule has 2 aromatic carbocycles. The van der Waals surface area contributed by atoms with Crippen LogP contribution in [0, 0.1) is 0 Å². The third-order valence-electron chi connectivity index (χ3n) is 4.35. The Balaban J connectivity index is 1.89. The lowest BCUT2D eigenvalue weighted by Crippen LogP contribution is -2.21. The summed E-state index contributed by atoms with van der Waals surface area (Å²) in [6.45, 7) is 5.83. The molecule has 0 N–H and O–H groups in total. The number of hydrogen-bond donors (Lipinski definition) is 0. The van der Waals surface area contributed by atoms with Crippen LogP contribution in [0.3, 0.4) is 0 Å². The molecule has 0 spiro atoms. The zero-order valence-electron chi connectivity index (χ0n) is 17.6. The lowest BCUT2D eigenvalue weighted by Gasteiger charge is -2.14. The average molecular weight is 487 g/mol. The quantitative estimate of drug-likeness (QED) is 0.402. The van der Waals surface area contributed by atoms with E-state index in [9.17, 15) is 9.59 Å². The summed E-state index contributed by atoms with van der Waals surface area (Å²) in [6, 6.07) is 12.8. The van der Waals surface area contributed by atoms with Crippen LogP contribution in [-0.2, 0) is 14.3 Å². The Labute approximate surface area is 189 Å². The molecule has 1 aliphatic heterocycles. The molecule has 162 valence electrons. The van der Waals surface area contributed by atoms with Gasteiger partial charge in [0.1, 0.15) is 0 Å². The third kappa shape index (κ3) is 5.32. The van der Waals surface area contributed by atoms with Crippen LogP contribution in [0.25, 0.3) is 6.08 Å². The van der Waals surface area contributed by atoms with Crippen molar-refractivity contribution in [2.45, 2.75) is 20.8 Å². The van der Waals surface area contributed by atoms with E-state index >= 15 is 0 Å². The molecule has 1 heterocycles. The largest absolute Gasteiger partial charge is 0.490 e. The van der Waals surface area contributed by atoms with Gasteiger partial charge in [-0.2, -0.15) is 10.1 Å². The first-order chi connectivity index (χ1) is 14.9. The highest BCUT2D eigenvalue weighted by Gasteiger charge is 2.28. The number of hydrogen-bond acceptors (Lipinski definition) is 6. The monoisotopic (exact) mass is 486 g/mol. The molecule has 0 saturated carbocycles. The van der Waals surface area contributed by atoms with Crippen LogP contribution in [0.2, 0.25) is 0 Å². The molecule has 31 heavy (non-hydrogen) atoms. The molecule has 8 heteroatoms. The fourth-order valence-electron chi connectivity index (χ4n) is 3.00. The Morgan fingerprint density at radius 3 is 2.55 bits per heavy atom. The van der Waals surface area contributed by atoms with Crippen molar-refractivity contribution in [2.75, 3.05) is 24.8 Å². The molecule has 7 nitrogen and oxygen atoms in total. The summed E-state index contributed by atoms with van der Waals surface area (Å²) in [5, 5.41) is 5.78. The number of ether oxygens (including phenoxy) is 3. The molecule has 0 aliphatic carbocycles. The lowest BCUT2D eigenvalue weighted by molar-refractivity contribution is -0.145. The van der Waals surface area contributed by atoms with Gasteiger partial charge in [-0.25, -0.2) is 4.79 Å². The van der Waals surface area contributed by atoms with Gasteiger partial charge in [-0.05, 0) is 72.6 Å². The molecule has 0 aromatic heterocycles. The molecule has 1 aliphatic rings. The third-order valence-corrected chi connectivity index (χ3v) is 4.93. The number of anilines is 1. The summed E-state index contributed by atoms with van der Waals surface area (Å²) in [5.74, 6) is 0.173. The fraction of sp³-hybridized carbons (Fsp3) is 0.261. The molecule has 2 aromatic rings. The van der Waals surface area contributed by atoms with E-state index in [4.69, 9.17) is 14.2 Å². The maximum Gasteiger partial charge on any atom is 0.344 e. The van der Waals surface area contributed by atoms with Crippen LogP contribution >= 0.6 is 15.9 Å². The Morgan fingerprint density at radius 2 is 1.87 bits per heavy atom. The van der Waals surface area contributed by atoms with Crippen LogP contribution < -0.4 is 14.5 Å². The maximum atomic E-state index is 12.9. The second kappa shape index (κ2) is 10.3. The summed E-state index contributed by atoms with van der Waals surface area (Å²) in [5.41, 5.74) is 2.53. The minimum absolute atomic E-state index is 0.208. The Hall–Kier alpha value is -3.13. The fourth-order valence-corrected chi connectivity index (χ4v) is 3.58. The van der Waals surface area contributed by atoms with Crippen LogP contribution in [-0.4, -0.2) is 37.4 Å². The molecule has 0 unspecified atom stereocenters. The van der Waals surface area contributed by atoms with Gasteiger partial charge in [0, 0.05) is 0 Å². The summed E-state index contributed by atoms with van der Waals surface area (Å²) >= 11 is 3.47. The van der Waals surface area contributed by atoms with Crippen molar-refractivity contribution in [3.05, 3.63) is 58.1 Å². The van der Waals surface area contributed by atoms with E-state index in [1.807, 2.05) is 37.3 Å². The SMILES string of the molecule is CCOC(=O)COc1c(Br)cc(/C=C2\C(=O)N(c3ccccc3)N=C2C)cc1OCC. The molecular formula is C23H23BrN2O5. The van der Waals surface area contributed by atoms with Crippen molar-refractivity contribution in [1.82, 2.24) is 0 Å². The van der Waals surface area contributed by atoms with Crippen LogP contribution in [0.5, 0.6) is 11.5 Å². The predicted octanol–water partition coefficient (Wildman–Crippen LogP) is 4.60. The van der Waals surface area contributed by atoms with Crippen molar-refractivity contribution in [2.24, 2.45) is 5.10 Å². The lowest BCUT2D eigenvalue weighted by atomic mass is 10.1. The first-order valence-corrected chi connectivity index (χ1v) is 10.6. The van der Waals surface area contributed by atoms with Crippen molar-refractivity contribution in [1.29, 1.82) is 0 Å². The summed E-state index contributed by atoms with van der Waals surface area (Å²) in [7, 11) is 0.